The number of carbonyl (C=O) groups is 3. The molecule has 0 aromatic heterocycles. The number of unbranched alkanes of at least 4 members (excludes halogenated alkanes) is 12. The van der Waals surface area contributed by atoms with E-state index >= 15 is 0 Å². The first-order valence-electron chi connectivity index (χ1n) is 27.9. The van der Waals surface area contributed by atoms with E-state index in [0.29, 0.717) is 12.8 Å². The maximum atomic E-state index is 12.9. The van der Waals surface area contributed by atoms with E-state index in [0.717, 1.165) is 135 Å². The molecular weight excluding hydrogens is 889 g/mol. The van der Waals surface area contributed by atoms with Crippen molar-refractivity contribution in [1.29, 1.82) is 0 Å². The molecule has 0 spiro atoms. The Morgan fingerprint density at radius 1 is 0.292 bits per heavy atom. The van der Waals surface area contributed by atoms with Crippen LogP contribution in [0.4, 0.5) is 0 Å². The predicted molar refractivity (Wildman–Crippen MR) is 311 cm³/mol. The first kappa shape index (κ1) is 66.5. The molecule has 0 aliphatic rings. The van der Waals surface area contributed by atoms with Crippen molar-refractivity contribution in [1.82, 2.24) is 0 Å². The average molecular weight is 988 g/mol. The number of rotatable bonds is 47. The first-order chi connectivity index (χ1) is 35.5. The van der Waals surface area contributed by atoms with Crippen LogP contribution in [0.3, 0.4) is 0 Å². The van der Waals surface area contributed by atoms with Crippen molar-refractivity contribution >= 4 is 17.9 Å². The van der Waals surface area contributed by atoms with Gasteiger partial charge in [-0.3, -0.25) is 14.4 Å². The van der Waals surface area contributed by atoms with Crippen molar-refractivity contribution in [3.63, 3.8) is 0 Å². The molecule has 1 atom stereocenters. The number of hydrogen-bond donors (Lipinski definition) is 0. The maximum Gasteiger partial charge on any atom is 0.306 e. The van der Waals surface area contributed by atoms with E-state index < -0.39 is 6.10 Å². The fraction of sp³-hybridized carbons (Fsp3) is 0.500. The normalized spacial score (nSPS) is 13.5. The Morgan fingerprint density at radius 3 is 0.958 bits per heavy atom. The van der Waals surface area contributed by atoms with Crippen LogP contribution in [0.2, 0.25) is 0 Å². The summed E-state index contributed by atoms with van der Waals surface area (Å²) in [5, 5.41) is 0. The van der Waals surface area contributed by atoms with Gasteiger partial charge in [0.05, 0.1) is 0 Å². The lowest BCUT2D eigenvalue weighted by Crippen LogP contribution is -2.30. The van der Waals surface area contributed by atoms with E-state index in [1.165, 1.54) is 12.8 Å². The maximum absolute atomic E-state index is 12.9. The molecule has 6 nitrogen and oxygen atoms in total. The molecule has 0 heterocycles. The van der Waals surface area contributed by atoms with Crippen LogP contribution in [0, 0.1) is 0 Å². The number of carbonyl (C=O) groups excluding carboxylic acids is 3. The lowest BCUT2D eigenvalue weighted by Gasteiger charge is -2.18. The Kier molecular flexibility index (Phi) is 53.7. The van der Waals surface area contributed by atoms with Crippen LogP contribution in [-0.4, -0.2) is 37.2 Å². The number of allylic oxidation sites excluding steroid dienone is 30. The molecule has 0 fully saturated rings. The molecule has 0 aliphatic heterocycles. The monoisotopic (exact) mass is 987 g/mol. The second-order valence-corrected chi connectivity index (χ2v) is 17.5. The van der Waals surface area contributed by atoms with Crippen LogP contribution in [0.5, 0.6) is 0 Å². The molecule has 0 bridgehead atoms. The topological polar surface area (TPSA) is 78.9 Å². The summed E-state index contributed by atoms with van der Waals surface area (Å²) in [7, 11) is 0. The summed E-state index contributed by atoms with van der Waals surface area (Å²) in [6.45, 7) is 6.16. The van der Waals surface area contributed by atoms with Gasteiger partial charge in [0.25, 0.3) is 0 Å². The molecule has 0 N–H and O–H groups in total. The Hall–Kier alpha value is -5.49. The third kappa shape index (κ3) is 55.4. The Bertz CT molecular complexity index is 1750. The molecule has 0 aliphatic carbocycles. The highest BCUT2D eigenvalue weighted by Gasteiger charge is 2.19. The van der Waals surface area contributed by atoms with Crippen molar-refractivity contribution < 1.29 is 28.6 Å². The zero-order valence-electron chi connectivity index (χ0n) is 45.4. The molecule has 398 valence electrons. The molecule has 0 rings (SSSR count). The van der Waals surface area contributed by atoms with Crippen LogP contribution in [-0.2, 0) is 28.6 Å². The lowest BCUT2D eigenvalue weighted by atomic mass is 10.1. The van der Waals surface area contributed by atoms with Crippen LogP contribution in [0.25, 0.3) is 0 Å². The minimum Gasteiger partial charge on any atom is -0.462 e. The quantitative estimate of drug-likeness (QED) is 0.0199. The second kappa shape index (κ2) is 58.1. The van der Waals surface area contributed by atoms with Crippen LogP contribution >= 0.6 is 0 Å². The van der Waals surface area contributed by atoms with E-state index in [9.17, 15) is 14.4 Å². The summed E-state index contributed by atoms with van der Waals surface area (Å²) >= 11 is 0. The third-order valence-electron chi connectivity index (χ3n) is 10.8. The molecule has 0 radical (unpaired) electrons. The van der Waals surface area contributed by atoms with Crippen LogP contribution in [0.1, 0.15) is 194 Å². The van der Waals surface area contributed by atoms with Gasteiger partial charge < -0.3 is 14.2 Å². The predicted octanol–water partition coefficient (Wildman–Crippen LogP) is 18.9. The summed E-state index contributed by atoms with van der Waals surface area (Å²) in [5.41, 5.74) is 0. The van der Waals surface area contributed by atoms with Crippen LogP contribution < -0.4 is 0 Å². The van der Waals surface area contributed by atoms with Gasteiger partial charge in [-0.1, -0.05) is 242 Å². The fourth-order valence-corrected chi connectivity index (χ4v) is 6.76. The van der Waals surface area contributed by atoms with Gasteiger partial charge in [-0.05, 0) is 116 Å². The highest BCUT2D eigenvalue weighted by molar-refractivity contribution is 5.71. The van der Waals surface area contributed by atoms with Gasteiger partial charge in [0.2, 0.25) is 0 Å². The van der Waals surface area contributed by atoms with Crippen molar-refractivity contribution in [2.45, 2.75) is 200 Å². The van der Waals surface area contributed by atoms with Crippen molar-refractivity contribution in [2.24, 2.45) is 0 Å². The van der Waals surface area contributed by atoms with Crippen molar-refractivity contribution in [2.75, 3.05) is 13.2 Å². The molecular formula is C66H98O6. The zero-order valence-corrected chi connectivity index (χ0v) is 45.4. The van der Waals surface area contributed by atoms with E-state index in [4.69, 9.17) is 14.2 Å². The third-order valence-corrected chi connectivity index (χ3v) is 10.8. The Morgan fingerprint density at radius 2 is 0.569 bits per heavy atom. The van der Waals surface area contributed by atoms with Crippen molar-refractivity contribution in [3.05, 3.63) is 182 Å². The highest BCUT2D eigenvalue weighted by atomic mass is 16.6. The summed E-state index contributed by atoms with van der Waals surface area (Å²) in [6, 6.07) is 0. The first-order valence-corrected chi connectivity index (χ1v) is 27.9. The van der Waals surface area contributed by atoms with Gasteiger partial charge in [-0.25, -0.2) is 0 Å². The molecule has 0 saturated heterocycles. The lowest BCUT2D eigenvalue weighted by molar-refractivity contribution is -0.167. The SMILES string of the molecule is CC\C=C/C=C\C=C/C=C\C=C\C=C/C=C\CCCCCC(=O)OCC(COC(=O)CCCCC/C=C\C/C=C\C/C=C\C/C=C\CC)OC(=O)CCCCCCCC/C=C\C/C=C\C/C=C\C/C=C\CC. The van der Waals surface area contributed by atoms with Gasteiger partial charge in [0, 0.05) is 19.3 Å². The standard InChI is InChI=1S/C66H98O6/c1-4-7-10-13-16-19-22-25-28-31-33-35-38-41-44-47-50-53-56-59-65(68)71-62-63(61-70-64(67)58-55-52-49-46-43-40-37-30-27-24-21-18-15-12-9-6-3)72-66(69)60-57-54-51-48-45-42-39-36-34-32-29-26-23-20-17-14-11-8-5-2/h7-13,16-22,25-31,33-36,38,40-41,43-44,63H,4-6,14-15,23-24,32,37,39,42,45-62H2,1-3H3/b10-7-,11-8-,12-9-,16-13-,20-17-,21-18-,22-19-,28-25-,29-26-,30-27-,33-31+,36-34-,38-35-,43-40-,44-41-. The molecule has 0 amide bonds. The summed E-state index contributed by atoms with van der Waals surface area (Å²) < 4.78 is 16.8. The summed E-state index contributed by atoms with van der Waals surface area (Å²) in [4.78, 5) is 38.2. The van der Waals surface area contributed by atoms with Gasteiger partial charge in [-0.15, -0.1) is 0 Å². The highest BCUT2D eigenvalue weighted by Crippen LogP contribution is 2.12. The molecule has 0 aromatic rings. The molecule has 6 heteroatoms. The minimum atomic E-state index is -0.830. The van der Waals surface area contributed by atoms with E-state index in [2.05, 4.69) is 130 Å². The fourth-order valence-electron chi connectivity index (χ4n) is 6.76. The van der Waals surface area contributed by atoms with Gasteiger partial charge in [0.1, 0.15) is 13.2 Å². The van der Waals surface area contributed by atoms with E-state index in [-0.39, 0.29) is 44.0 Å². The van der Waals surface area contributed by atoms with Crippen LogP contribution in [0.15, 0.2) is 182 Å². The molecule has 72 heavy (non-hydrogen) atoms. The molecule has 0 saturated carbocycles. The second-order valence-electron chi connectivity index (χ2n) is 17.5. The Labute approximate surface area is 440 Å². The van der Waals surface area contributed by atoms with E-state index in [1.54, 1.807) is 0 Å². The molecule has 1 unspecified atom stereocenters. The number of esters is 3. The summed E-state index contributed by atoms with van der Waals surface area (Å²) in [6.07, 6.45) is 87.2. The number of ether oxygens (including phenoxy) is 3. The Balaban J connectivity index is 4.62. The zero-order chi connectivity index (χ0) is 52.2. The van der Waals surface area contributed by atoms with Crippen molar-refractivity contribution in [3.8, 4) is 0 Å². The smallest absolute Gasteiger partial charge is 0.306 e. The summed E-state index contributed by atoms with van der Waals surface area (Å²) in [5.74, 6) is -1.03. The minimum absolute atomic E-state index is 0.126. The number of hydrogen-bond acceptors (Lipinski definition) is 6. The largest absolute Gasteiger partial charge is 0.462 e. The van der Waals surface area contributed by atoms with Gasteiger partial charge >= 0.3 is 17.9 Å². The van der Waals surface area contributed by atoms with E-state index in [1.807, 2.05) is 72.9 Å². The molecule has 0 aromatic carbocycles. The van der Waals surface area contributed by atoms with Gasteiger partial charge in [0.15, 0.2) is 6.10 Å². The average Bonchev–Trinajstić information content (AvgIpc) is 3.38. The van der Waals surface area contributed by atoms with Gasteiger partial charge in [-0.2, -0.15) is 0 Å².